The predicted molar refractivity (Wildman–Crippen MR) is 105 cm³/mol. The summed E-state index contributed by atoms with van der Waals surface area (Å²) < 4.78 is 1.70. The Morgan fingerprint density at radius 2 is 2.00 bits per heavy atom. The molecule has 1 atom stereocenters. The fraction of sp³-hybridized carbons (Fsp3) is 0.300. The number of pyridine rings is 1. The molecule has 1 fully saturated rings. The maximum absolute atomic E-state index is 12.5. The van der Waals surface area contributed by atoms with Crippen LogP contribution in [0.4, 0.5) is 5.69 Å². The third kappa shape index (κ3) is 4.01. The minimum atomic E-state index is -0.215. The first-order valence-electron chi connectivity index (χ1n) is 9.30. The lowest BCUT2D eigenvalue weighted by Gasteiger charge is -2.31. The van der Waals surface area contributed by atoms with Crippen LogP contribution in [0.15, 0.2) is 48.9 Å². The molecule has 0 bridgehead atoms. The number of fused-ring (bicyclic) bond motifs is 1. The molecule has 0 aliphatic carbocycles. The minimum absolute atomic E-state index is 0.0599. The summed E-state index contributed by atoms with van der Waals surface area (Å²) in [4.78, 5) is 26.1. The molecule has 1 aromatic carbocycles. The highest BCUT2D eigenvalue weighted by molar-refractivity contribution is 6.04. The van der Waals surface area contributed by atoms with Crippen molar-refractivity contribution >= 4 is 23.1 Å². The van der Waals surface area contributed by atoms with E-state index >= 15 is 0 Å². The molecular weight excluding hydrogens is 356 g/mol. The van der Waals surface area contributed by atoms with Crippen LogP contribution in [-0.4, -0.2) is 44.4 Å². The lowest BCUT2D eigenvalue weighted by molar-refractivity contribution is -0.123. The Labute approximate surface area is 162 Å². The monoisotopic (exact) mass is 378 g/mol. The number of benzene rings is 1. The number of nitrogens with two attached hydrogens (primary N) is 1. The number of aromatic nitrogens is 3. The Balaban J connectivity index is 1.37. The molecule has 2 aromatic heterocycles. The lowest BCUT2D eigenvalue weighted by atomic mass is 9.97. The number of rotatable bonds is 5. The number of piperidine rings is 1. The molecule has 1 unspecified atom stereocenters. The van der Waals surface area contributed by atoms with E-state index in [1.807, 2.05) is 24.3 Å². The zero-order valence-electron chi connectivity index (χ0n) is 15.4. The Hall–Kier alpha value is -3.26. The van der Waals surface area contributed by atoms with E-state index < -0.39 is 0 Å². The van der Waals surface area contributed by atoms with E-state index in [0.717, 1.165) is 37.2 Å². The van der Waals surface area contributed by atoms with Crippen molar-refractivity contribution in [1.82, 2.24) is 19.5 Å². The van der Waals surface area contributed by atoms with E-state index in [4.69, 9.17) is 5.73 Å². The van der Waals surface area contributed by atoms with Gasteiger partial charge in [-0.15, -0.1) is 10.2 Å². The molecule has 3 heterocycles. The fourth-order valence-corrected chi connectivity index (χ4v) is 3.55. The van der Waals surface area contributed by atoms with Crippen molar-refractivity contribution < 1.29 is 9.59 Å². The van der Waals surface area contributed by atoms with Crippen LogP contribution in [0.3, 0.4) is 0 Å². The largest absolute Gasteiger partial charge is 0.369 e. The standard InChI is InChI=1S/C20H22N6O2/c21-19(27)15-2-1-9-25(11-15)10-14-3-6-17(7-4-14)23-20(28)16-5-8-18-24-22-13-26(18)12-16/h3-8,12-13,15H,1-2,9-11H2,(H2,21,27)(H,23,28). The van der Waals surface area contributed by atoms with Gasteiger partial charge >= 0.3 is 0 Å². The molecule has 3 N–H and O–H groups in total. The van der Waals surface area contributed by atoms with Gasteiger partial charge in [0.1, 0.15) is 6.33 Å². The Kier molecular flexibility index (Phi) is 5.03. The van der Waals surface area contributed by atoms with Gasteiger partial charge in [0.15, 0.2) is 5.65 Å². The van der Waals surface area contributed by atoms with Gasteiger partial charge in [0.05, 0.1) is 11.5 Å². The van der Waals surface area contributed by atoms with E-state index in [2.05, 4.69) is 20.4 Å². The van der Waals surface area contributed by atoms with Crippen molar-refractivity contribution in [3.05, 3.63) is 60.0 Å². The molecule has 144 valence electrons. The number of hydrogen-bond donors (Lipinski definition) is 2. The normalized spacial score (nSPS) is 17.5. The molecule has 2 amide bonds. The van der Waals surface area contributed by atoms with Crippen molar-refractivity contribution in [1.29, 1.82) is 0 Å². The van der Waals surface area contributed by atoms with Crippen LogP contribution in [0, 0.1) is 5.92 Å². The number of carbonyl (C=O) groups excluding carboxylic acids is 2. The summed E-state index contributed by atoms with van der Waals surface area (Å²) in [6.45, 7) is 2.44. The molecule has 0 saturated carbocycles. The first-order chi connectivity index (χ1) is 13.6. The maximum Gasteiger partial charge on any atom is 0.257 e. The predicted octanol–water partition coefficient (Wildman–Crippen LogP) is 1.68. The van der Waals surface area contributed by atoms with E-state index in [1.54, 1.807) is 29.1 Å². The molecular formula is C20H22N6O2. The van der Waals surface area contributed by atoms with Gasteiger partial charge in [0.25, 0.3) is 5.91 Å². The highest BCUT2D eigenvalue weighted by Crippen LogP contribution is 2.19. The Morgan fingerprint density at radius 3 is 2.79 bits per heavy atom. The van der Waals surface area contributed by atoms with Gasteiger partial charge in [0.2, 0.25) is 5.91 Å². The van der Waals surface area contributed by atoms with E-state index in [0.29, 0.717) is 17.8 Å². The molecule has 1 aliphatic heterocycles. The average Bonchev–Trinajstić information content (AvgIpc) is 3.17. The zero-order chi connectivity index (χ0) is 19.5. The van der Waals surface area contributed by atoms with E-state index in [9.17, 15) is 9.59 Å². The summed E-state index contributed by atoms with van der Waals surface area (Å²) in [5.41, 5.74) is 8.53. The highest BCUT2D eigenvalue weighted by atomic mass is 16.2. The van der Waals surface area contributed by atoms with Crippen LogP contribution in [0.25, 0.3) is 5.65 Å². The van der Waals surface area contributed by atoms with Gasteiger partial charge in [-0.1, -0.05) is 12.1 Å². The summed E-state index contributed by atoms with van der Waals surface area (Å²) in [6.07, 6.45) is 5.12. The number of carbonyl (C=O) groups is 2. The molecule has 28 heavy (non-hydrogen) atoms. The van der Waals surface area contributed by atoms with Crippen molar-refractivity contribution in [2.45, 2.75) is 19.4 Å². The highest BCUT2D eigenvalue weighted by Gasteiger charge is 2.23. The lowest BCUT2D eigenvalue weighted by Crippen LogP contribution is -2.40. The number of anilines is 1. The quantitative estimate of drug-likeness (QED) is 0.703. The summed E-state index contributed by atoms with van der Waals surface area (Å²) in [5, 5.41) is 10.6. The smallest absolute Gasteiger partial charge is 0.257 e. The second-order valence-corrected chi connectivity index (χ2v) is 7.14. The van der Waals surface area contributed by atoms with E-state index in [-0.39, 0.29) is 17.7 Å². The molecule has 0 spiro atoms. The van der Waals surface area contributed by atoms with E-state index in [1.165, 1.54) is 0 Å². The number of nitrogens with one attached hydrogen (secondary N) is 1. The topological polar surface area (TPSA) is 106 Å². The van der Waals surface area contributed by atoms with Crippen molar-refractivity contribution in [3.8, 4) is 0 Å². The number of hydrogen-bond acceptors (Lipinski definition) is 5. The summed E-state index contributed by atoms with van der Waals surface area (Å²) in [7, 11) is 0. The van der Waals surface area contributed by atoms with Crippen LogP contribution in [0.2, 0.25) is 0 Å². The Bertz CT molecular complexity index is 997. The maximum atomic E-state index is 12.5. The van der Waals surface area contributed by atoms with Gasteiger partial charge < -0.3 is 11.1 Å². The number of primary amides is 1. The summed E-state index contributed by atoms with van der Waals surface area (Å²) in [6, 6.07) is 11.2. The molecule has 1 saturated heterocycles. The fourth-order valence-electron chi connectivity index (χ4n) is 3.55. The van der Waals surface area contributed by atoms with Crippen LogP contribution in [0.5, 0.6) is 0 Å². The first-order valence-corrected chi connectivity index (χ1v) is 9.30. The minimum Gasteiger partial charge on any atom is -0.369 e. The van der Waals surface area contributed by atoms with Crippen molar-refractivity contribution in [2.24, 2.45) is 11.7 Å². The zero-order valence-corrected chi connectivity index (χ0v) is 15.4. The number of nitrogens with zero attached hydrogens (tertiary/aromatic N) is 4. The van der Waals surface area contributed by atoms with Crippen LogP contribution < -0.4 is 11.1 Å². The van der Waals surface area contributed by atoms with Crippen LogP contribution >= 0.6 is 0 Å². The second-order valence-electron chi connectivity index (χ2n) is 7.14. The first kappa shape index (κ1) is 18.1. The molecule has 1 aliphatic rings. The molecule has 4 rings (SSSR count). The SMILES string of the molecule is NC(=O)C1CCCN(Cc2ccc(NC(=O)c3ccc4nncn4c3)cc2)C1. The second kappa shape index (κ2) is 7.77. The third-order valence-corrected chi connectivity index (χ3v) is 5.08. The number of likely N-dealkylation sites (tertiary alicyclic amines) is 1. The summed E-state index contributed by atoms with van der Waals surface area (Å²) >= 11 is 0. The van der Waals surface area contributed by atoms with Gasteiger partial charge in [-0.25, -0.2) is 0 Å². The Morgan fingerprint density at radius 1 is 1.18 bits per heavy atom. The van der Waals surface area contributed by atoms with Crippen molar-refractivity contribution in [3.63, 3.8) is 0 Å². The van der Waals surface area contributed by atoms with Gasteiger partial charge in [-0.2, -0.15) is 0 Å². The average molecular weight is 378 g/mol. The van der Waals surface area contributed by atoms with Crippen molar-refractivity contribution in [2.75, 3.05) is 18.4 Å². The van der Waals surface area contributed by atoms with Gasteiger partial charge in [0, 0.05) is 25.0 Å². The molecule has 8 heteroatoms. The van der Waals surface area contributed by atoms with Gasteiger partial charge in [-0.05, 0) is 49.2 Å². The molecule has 8 nitrogen and oxygen atoms in total. The van der Waals surface area contributed by atoms with Gasteiger partial charge in [-0.3, -0.25) is 18.9 Å². The molecule has 0 radical (unpaired) electrons. The van der Waals surface area contributed by atoms with Crippen LogP contribution in [-0.2, 0) is 11.3 Å². The van der Waals surface area contributed by atoms with Crippen LogP contribution in [0.1, 0.15) is 28.8 Å². The third-order valence-electron chi connectivity index (χ3n) is 5.08. The number of amides is 2. The summed E-state index contributed by atoms with van der Waals surface area (Å²) in [5.74, 6) is -0.466. The molecule has 3 aromatic rings.